The highest BCUT2D eigenvalue weighted by Crippen LogP contribution is 2.27. The monoisotopic (exact) mass is 340 g/mol. The van der Waals surface area contributed by atoms with Crippen LogP contribution in [0.5, 0.6) is 0 Å². The molecule has 5 heteroatoms. The third-order valence-corrected chi connectivity index (χ3v) is 3.55. The summed E-state index contributed by atoms with van der Waals surface area (Å²) in [5.74, 6) is -1.21. The van der Waals surface area contributed by atoms with Gasteiger partial charge in [-0.2, -0.15) is 0 Å². The van der Waals surface area contributed by atoms with E-state index in [9.17, 15) is 8.78 Å². The molecule has 0 saturated carbocycles. The van der Waals surface area contributed by atoms with E-state index < -0.39 is 11.6 Å². The minimum absolute atomic E-state index is 0.267. The van der Waals surface area contributed by atoms with Crippen molar-refractivity contribution >= 4 is 27.3 Å². The van der Waals surface area contributed by atoms with Crippen LogP contribution >= 0.6 is 15.9 Å². The molecule has 2 nitrogen and oxygen atoms in total. The minimum atomic E-state index is -0.609. The highest BCUT2D eigenvalue weighted by atomic mass is 79.9. The molecule has 0 spiro atoms. The number of anilines is 2. The Morgan fingerprint density at radius 2 is 1.75 bits per heavy atom. The van der Waals surface area contributed by atoms with Gasteiger partial charge >= 0.3 is 0 Å². The second kappa shape index (κ2) is 6.22. The quantitative estimate of drug-likeness (QED) is 0.886. The summed E-state index contributed by atoms with van der Waals surface area (Å²) in [4.78, 5) is 2.01. The maximum absolute atomic E-state index is 13.6. The van der Waals surface area contributed by atoms with Crippen molar-refractivity contribution < 1.29 is 8.78 Å². The van der Waals surface area contributed by atoms with Crippen molar-refractivity contribution in [2.45, 2.75) is 6.54 Å². The standard InChI is InChI=1S/C15H15BrF2N2/c1-20(2)12-5-3-10(4-6-12)9-19-15-13(16)7-11(17)8-14(15)18/h3-8,19H,9H2,1-2H3. The van der Waals surface area contributed by atoms with Gasteiger partial charge in [0.05, 0.1) is 5.69 Å². The third kappa shape index (κ3) is 3.48. The summed E-state index contributed by atoms with van der Waals surface area (Å²) in [5.41, 5.74) is 2.39. The van der Waals surface area contributed by atoms with Crippen molar-refractivity contribution in [2.24, 2.45) is 0 Å². The molecule has 0 radical (unpaired) electrons. The Morgan fingerprint density at radius 3 is 2.30 bits per heavy atom. The van der Waals surface area contributed by atoms with Crippen molar-refractivity contribution in [1.82, 2.24) is 0 Å². The number of nitrogens with zero attached hydrogens (tertiary/aromatic N) is 1. The molecule has 0 fully saturated rings. The molecule has 0 unspecified atom stereocenters. The van der Waals surface area contributed by atoms with Crippen LogP contribution in [0.25, 0.3) is 0 Å². The number of nitrogens with one attached hydrogen (secondary N) is 1. The maximum atomic E-state index is 13.6. The fourth-order valence-corrected chi connectivity index (χ4v) is 2.36. The molecule has 2 rings (SSSR count). The van der Waals surface area contributed by atoms with E-state index in [1.165, 1.54) is 6.07 Å². The Hall–Kier alpha value is -1.62. The molecule has 0 bridgehead atoms. The molecular weight excluding hydrogens is 326 g/mol. The zero-order valence-electron chi connectivity index (χ0n) is 11.3. The highest BCUT2D eigenvalue weighted by molar-refractivity contribution is 9.10. The van der Waals surface area contributed by atoms with Crippen LogP contribution in [0.1, 0.15) is 5.56 Å². The normalized spacial score (nSPS) is 10.4. The van der Waals surface area contributed by atoms with Crippen LogP contribution in [0.15, 0.2) is 40.9 Å². The van der Waals surface area contributed by atoms with Crippen molar-refractivity contribution in [3.63, 3.8) is 0 Å². The van der Waals surface area contributed by atoms with Crippen LogP contribution in [0.4, 0.5) is 20.2 Å². The van der Waals surface area contributed by atoms with Crippen LogP contribution in [0, 0.1) is 11.6 Å². The van der Waals surface area contributed by atoms with Crippen LogP contribution in [0.3, 0.4) is 0 Å². The van der Waals surface area contributed by atoms with E-state index in [-0.39, 0.29) is 5.69 Å². The van der Waals surface area contributed by atoms with Gasteiger partial charge in [0.15, 0.2) is 0 Å². The lowest BCUT2D eigenvalue weighted by Gasteiger charge is -2.14. The molecule has 0 amide bonds. The van der Waals surface area contributed by atoms with E-state index in [1.54, 1.807) is 0 Å². The lowest BCUT2D eigenvalue weighted by molar-refractivity contribution is 0.583. The van der Waals surface area contributed by atoms with E-state index in [2.05, 4.69) is 21.2 Å². The molecular formula is C15H15BrF2N2. The first kappa shape index (κ1) is 14.8. The first-order chi connectivity index (χ1) is 9.47. The predicted octanol–water partition coefficient (Wildman–Crippen LogP) is 4.41. The van der Waals surface area contributed by atoms with Gasteiger partial charge in [-0.25, -0.2) is 8.78 Å². The van der Waals surface area contributed by atoms with Crippen LogP contribution < -0.4 is 10.2 Å². The molecule has 0 atom stereocenters. The fourth-order valence-electron chi connectivity index (χ4n) is 1.81. The van der Waals surface area contributed by atoms with E-state index in [1.807, 2.05) is 43.3 Å². The van der Waals surface area contributed by atoms with Crippen molar-refractivity contribution in [3.05, 3.63) is 58.1 Å². The number of rotatable bonds is 4. The summed E-state index contributed by atoms with van der Waals surface area (Å²) >= 11 is 3.15. The van der Waals surface area contributed by atoms with E-state index in [0.29, 0.717) is 11.0 Å². The van der Waals surface area contributed by atoms with Gasteiger partial charge in [-0.05, 0) is 39.7 Å². The van der Waals surface area contributed by atoms with Crippen molar-refractivity contribution in [3.8, 4) is 0 Å². The van der Waals surface area contributed by atoms with E-state index >= 15 is 0 Å². The van der Waals surface area contributed by atoms with Gasteiger partial charge in [-0.15, -0.1) is 0 Å². The van der Waals surface area contributed by atoms with Gasteiger partial charge in [0.1, 0.15) is 11.6 Å². The average molecular weight is 341 g/mol. The Balaban J connectivity index is 2.09. The largest absolute Gasteiger partial charge is 0.378 e. The molecule has 0 aliphatic rings. The van der Waals surface area contributed by atoms with Gasteiger partial charge in [-0.3, -0.25) is 0 Å². The van der Waals surface area contributed by atoms with Crippen LogP contribution in [-0.4, -0.2) is 14.1 Å². The number of hydrogen-bond acceptors (Lipinski definition) is 2. The van der Waals surface area contributed by atoms with E-state index in [0.717, 1.165) is 17.3 Å². The van der Waals surface area contributed by atoms with Gasteiger partial charge < -0.3 is 10.2 Å². The molecule has 2 aromatic carbocycles. The average Bonchev–Trinajstić information content (AvgIpc) is 2.38. The van der Waals surface area contributed by atoms with Crippen molar-refractivity contribution in [2.75, 3.05) is 24.3 Å². The third-order valence-electron chi connectivity index (χ3n) is 2.93. The number of hydrogen-bond donors (Lipinski definition) is 1. The zero-order chi connectivity index (χ0) is 14.7. The Kier molecular flexibility index (Phi) is 4.60. The molecule has 1 N–H and O–H groups in total. The second-order valence-electron chi connectivity index (χ2n) is 4.66. The zero-order valence-corrected chi connectivity index (χ0v) is 12.8. The summed E-state index contributed by atoms with van der Waals surface area (Å²) in [6.45, 7) is 0.467. The number of halogens is 3. The lowest BCUT2D eigenvalue weighted by atomic mass is 10.2. The highest BCUT2D eigenvalue weighted by Gasteiger charge is 2.09. The van der Waals surface area contributed by atoms with Crippen LogP contribution in [-0.2, 0) is 6.54 Å². The molecule has 0 aliphatic heterocycles. The molecule has 0 heterocycles. The van der Waals surface area contributed by atoms with E-state index in [4.69, 9.17) is 0 Å². The molecule has 0 aromatic heterocycles. The Bertz CT molecular complexity index is 574. The summed E-state index contributed by atoms with van der Waals surface area (Å²) in [6.07, 6.45) is 0. The molecule has 106 valence electrons. The van der Waals surface area contributed by atoms with Gasteiger partial charge in [0.2, 0.25) is 0 Å². The predicted molar refractivity (Wildman–Crippen MR) is 82.2 cm³/mol. The Labute approximate surface area is 125 Å². The van der Waals surface area contributed by atoms with Crippen molar-refractivity contribution in [1.29, 1.82) is 0 Å². The maximum Gasteiger partial charge on any atom is 0.150 e. The van der Waals surface area contributed by atoms with Gasteiger partial charge in [0, 0.05) is 36.9 Å². The Morgan fingerprint density at radius 1 is 1.10 bits per heavy atom. The molecule has 20 heavy (non-hydrogen) atoms. The smallest absolute Gasteiger partial charge is 0.150 e. The summed E-state index contributed by atoms with van der Waals surface area (Å²) in [7, 11) is 3.94. The first-order valence-corrected chi connectivity index (χ1v) is 6.91. The summed E-state index contributed by atoms with van der Waals surface area (Å²) in [5, 5.41) is 2.97. The minimum Gasteiger partial charge on any atom is -0.378 e. The van der Waals surface area contributed by atoms with Crippen LogP contribution in [0.2, 0.25) is 0 Å². The summed E-state index contributed by atoms with van der Waals surface area (Å²) < 4.78 is 27.0. The molecule has 2 aromatic rings. The first-order valence-electron chi connectivity index (χ1n) is 6.12. The topological polar surface area (TPSA) is 15.3 Å². The summed E-state index contributed by atoms with van der Waals surface area (Å²) in [6, 6.07) is 10.0. The molecule has 0 aliphatic carbocycles. The number of benzene rings is 2. The fraction of sp³-hybridized carbons (Fsp3) is 0.200. The lowest BCUT2D eigenvalue weighted by Crippen LogP contribution is -2.08. The molecule has 0 saturated heterocycles. The second-order valence-corrected chi connectivity index (χ2v) is 5.51. The SMILES string of the molecule is CN(C)c1ccc(CNc2c(F)cc(F)cc2Br)cc1. The van der Waals surface area contributed by atoms with Gasteiger partial charge in [-0.1, -0.05) is 12.1 Å². The van der Waals surface area contributed by atoms with Gasteiger partial charge in [0.25, 0.3) is 0 Å².